The zero-order valence-electron chi connectivity index (χ0n) is 13.0. The Bertz CT molecular complexity index is 455. The lowest BCUT2D eigenvalue weighted by atomic mass is 9.83. The largest absolute Gasteiger partial charge is 0.491 e. The minimum absolute atomic E-state index is 0.161. The van der Waals surface area contributed by atoms with Gasteiger partial charge >= 0.3 is 0 Å². The van der Waals surface area contributed by atoms with Gasteiger partial charge in [0, 0.05) is 12.7 Å². The van der Waals surface area contributed by atoms with Crippen LogP contribution in [-0.4, -0.2) is 25.4 Å². The molecule has 0 saturated heterocycles. The number of ether oxygens (including phenoxy) is 2. The fourth-order valence-electron chi connectivity index (χ4n) is 3.52. The van der Waals surface area contributed by atoms with Crippen molar-refractivity contribution in [2.24, 2.45) is 11.3 Å². The predicted octanol–water partition coefficient (Wildman–Crippen LogP) is 3.36. The standard InChI is InChI=1S/C17H26O3/c1-13-11-16(2,3)12-17(13,18)14-7-5-6-8-15(14)20-10-9-19-4/h5-8,13,18H,9-12H2,1-4H3. The summed E-state index contributed by atoms with van der Waals surface area (Å²) >= 11 is 0. The van der Waals surface area contributed by atoms with Crippen molar-refractivity contribution in [1.82, 2.24) is 0 Å². The molecule has 1 saturated carbocycles. The van der Waals surface area contributed by atoms with E-state index in [-0.39, 0.29) is 11.3 Å². The Kier molecular flexibility index (Phi) is 4.40. The average molecular weight is 278 g/mol. The van der Waals surface area contributed by atoms with Gasteiger partial charge in [-0.25, -0.2) is 0 Å². The molecule has 112 valence electrons. The summed E-state index contributed by atoms with van der Waals surface area (Å²) in [6.45, 7) is 7.61. The van der Waals surface area contributed by atoms with Gasteiger partial charge in [0.25, 0.3) is 0 Å². The fourth-order valence-corrected chi connectivity index (χ4v) is 3.52. The Balaban J connectivity index is 2.28. The van der Waals surface area contributed by atoms with Gasteiger partial charge in [-0.1, -0.05) is 39.0 Å². The van der Waals surface area contributed by atoms with Gasteiger partial charge in [-0.15, -0.1) is 0 Å². The van der Waals surface area contributed by atoms with E-state index in [9.17, 15) is 5.11 Å². The molecular formula is C17H26O3. The van der Waals surface area contributed by atoms with Gasteiger partial charge in [0.05, 0.1) is 12.2 Å². The maximum absolute atomic E-state index is 11.2. The average Bonchev–Trinajstić information content (AvgIpc) is 2.59. The molecule has 3 nitrogen and oxygen atoms in total. The van der Waals surface area contributed by atoms with Crippen molar-refractivity contribution in [3.05, 3.63) is 29.8 Å². The van der Waals surface area contributed by atoms with Gasteiger partial charge < -0.3 is 14.6 Å². The van der Waals surface area contributed by atoms with Crippen molar-refractivity contribution in [2.75, 3.05) is 20.3 Å². The number of hydrogen-bond donors (Lipinski definition) is 1. The minimum Gasteiger partial charge on any atom is -0.491 e. The van der Waals surface area contributed by atoms with E-state index >= 15 is 0 Å². The highest BCUT2D eigenvalue weighted by molar-refractivity contribution is 5.39. The third-order valence-electron chi connectivity index (χ3n) is 4.32. The molecule has 20 heavy (non-hydrogen) atoms. The summed E-state index contributed by atoms with van der Waals surface area (Å²) in [7, 11) is 1.66. The van der Waals surface area contributed by atoms with Crippen LogP contribution in [0.4, 0.5) is 0 Å². The SMILES string of the molecule is COCCOc1ccccc1C1(O)CC(C)(C)CC1C. The Morgan fingerprint density at radius 1 is 1.25 bits per heavy atom. The van der Waals surface area contributed by atoms with E-state index in [1.54, 1.807) is 7.11 Å². The normalized spacial score (nSPS) is 28.6. The first-order valence-electron chi connectivity index (χ1n) is 7.33. The van der Waals surface area contributed by atoms with E-state index in [0.29, 0.717) is 13.2 Å². The lowest BCUT2D eigenvalue weighted by molar-refractivity contribution is -0.00379. The first-order valence-corrected chi connectivity index (χ1v) is 7.33. The predicted molar refractivity (Wildman–Crippen MR) is 79.9 cm³/mol. The number of aliphatic hydroxyl groups is 1. The fraction of sp³-hybridized carbons (Fsp3) is 0.647. The van der Waals surface area contributed by atoms with Gasteiger partial charge in [-0.05, 0) is 30.2 Å². The highest BCUT2D eigenvalue weighted by Gasteiger charge is 2.49. The molecular weight excluding hydrogens is 252 g/mol. The van der Waals surface area contributed by atoms with Gasteiger partial charge in [0.15, 0.2) is 0 Å². The molecule has 0 aromatic heterocycles. The zero-order valence-corrected chi connectivity index (χ0v) is 13.0. The van der Waals surface area contributed by atoms with Gasteiger partial charge in [0.2, 0.25) is 0 Å². The summed E-state index contributed by atoms with van der Waals surface area (Å²) in [5.41, 5.74) is 0.273. The third-order valence-corrected chi connectivity index (χ3v) is 4.32. The zero-order chi connectivity index (χ0) is 14.8. The highest BCUT2D eigenvalue weighted by atomic mass is 16.5. The smallest absolute Gasteiger partial charge is 0.125 e. The quantitative estimate of drug-likeness (QED) is 0.839. The molecule has 0 aliphatic heterocycles. The van der Waals surface area contributed by atoms with E-state index in [2.05, 4.69) is 20.8 Å². The van der Waals surface area contributed by atoms with E-state index in [0.717, 1.165) is 24.2 Å². The van der Waals surface area contributed by atoms with Crippen LogP contribution in [0.15, 0.2) is 24.3 Å². The van der Waals surface area contributed by atoms with Gasteiger partial charge in [0.1, 0.15) is 12.4 Å². The number of benzene rings is 1. The maximum Gasteiger partial charge on any atom is 0.125 e. The lowest BCUT2D eigenvalue weighted by Gasteiger charge is -2.30. The Hall–Kier alpha value is -1.06. The first kappa shape index (κ1) is 15.3. The Morgan fingerprint density at radius 3 is 2.55 bits per heavy atom. The van der Waals surface area contributed by atoms with E-state index in [4.69, 9.17) is 9.47 Å². The van der Waals surface area contributed by atoms with Crippen LogP contribution in [0, 0.1) is 11.3 Å². The molecule has 1 fully saturated rings. The summed E-state index contributed by atoms with van der Waals surface area (Å²) in [5.74, 6) is 1.00. The number of para-hydroxylation sites is 1. The molecule has 2 atom stereocenters. The first-order chi connectivity index (χ1) is 9.39. The molecule has 2 unspecified atom stereocenters. The second kappa shape index (κ2) is 5.74. The molecule has 0 amide bonds. The van der Waals surface area contributed by atoms with Gasteiger partial charge in [-0.2, -0.15) is 0 Å². The number of hydrogen-bond acceptors (Lipinski definition) is 3. The second-order valence-corrected chi connectivity index (χ2v) is 6.71. The molecule has 1 aliphatic carbocycles. The molecule has 1 aromatic carbocycles. The van der Waals surface area contributed by atoms with Gasteiger partial charge in [-0.3, -0.25) is 0 Å². The van der Waals surface area contributed by atoms with Crippen LogP contribution in [0.1, 0.15) is 39.2 Å². The molecule has 1 aromatic rings. The monoisotopic (exact) mass is 278 g/mol. The Morgan fingerprint density at radius 2 is 1.95 bits per heavy atom. The van der Waals surface area contributed by atoms with Crippen molar-refractivity contribution in [1.29, 1.82) is 0 Å². The highest BCUT2D eigenvalue weighted by Crippen LogP contribution is 2.54. The van der Waals surface area contributed by atoms with Crippen LogP contribution in [0.5, 0.6) is 5.75 Å². The maximum atomic E-state index is 11.2. The van der Waals surface area contributed by atoms with Crippen molar-refractivity contribution < 1.29 is 14.6 Å². The van der Waals surface area contributed by atoms with Crippen molar-refractivity contribution in [2.45, 2.75) is 39.2 Å². The van der Waals surface area contributed by atoms with Crippen LogP contribution < -0.4 is 4.74 Å². The molecule has 2 rings (SSSR count). The molecule has 0 spiro atoms. The molecule has 0 radical (unpaired) electrons. The number of rotatable bonds is 5. The summed E-state index contributed by atoms with van der Waals surface area (Å²) < 4.78 is 10.8. The molecule has 1 N–H and O–H groups in total. The summed E-state index contributed by atoms with van der Waals surface area (Å²) in [5, 5.41) is 11.2. The molecule has 0 heterocycles. The number of methoxy groups -OCH3 is 1. The van der Waals surface area contributed by atoms with Crippen molar-refractivity contribution >= 4 is 0 Å². The molecule has 0 bridgehead atoms. The van der Waals surface area contributed by atoms with Crippen molar-refractivity contribution in [3.63, 3.8) is 0 Å². The van der Waals surface area contributed by atoms with Crippen LogP contribution >= 0.6 is 0 Å². The lowest BCUT2D eigenvalue weighted by Crippen LogP contribution is -2.30. The second-order valence-electron chi connectivity index (χ2n) is 6.71. The van der Waals surface area contributed by atoms with Crippen LogP contribution in [-0.2, 0) is 10.3 Å². The topological polar surface area (TPSA) is 38.7 Å². The van der Waals surface area contributed by atoms with Crippen LogP contribution in [0.2, 0.25) is 0 Å². The summed E-state index contributed by atoms with van der Waals surface area (Å²) in [6.07, 6.45) is 1.79. The van der Waals surface area contributed by atoms with Crippen LogP contribution in [0.3, 0.4) is 0 Å². The molecule has 1 aliphatic rings. The van der Waals surface area contributed by atoms with Crippen LogP contribution in [0.25, 0.3) is 0 Å². The van der Waals surface area contributed by atoms with Crippen molar-refractivity contribution in [3.8, 4) is 5.75 Å². The van der Waals surface area contributed by atoms with E-state index < -0.39 is 5.60 Å². The van der Waals surface area contributed by atoms with E-state index in [1.807, 2.05) is 24.3 Å². The minimum atomic E-state index is -0.798. The molecule has 3 heteroatoms. The summed E-state index contributed by atoms with van der Waals surface area (Å²) in [4.78, 5) is 0. The van der Waals surface area contributed by atoms with E-state index in [1.165, 1.54) is 0 Å². The third kappa shape index (κ3) is 2.99. The summed E-state index contributed by atoms with van der Waals surface area (Å²) in [6, 6.07) is 7.83. The Labute approximate surface area is 121 Å².